The Labute approximate surface area is 131 Å². The van der Waals surface area contributed by atoms with E-state index in [1.54, 1.807) is 0 Å². The van der Waals surface area contributed by atoms with Gasteiger partial charge in [-0.05, 0) is 41.8 Å². The first kappa shape index (κ1) is 16.5. The van der Waals surface area contributed by atoms with Gasteiger partial charge < -0.3 is 5.32 Å². The van der Waals surface area contributed by atoms with Gasteiger partial charge in [-0.1, -0.05) is 77.6 Å². The van der Waals surface area contributed by atoms with Crippen molar-refractivity contribution in [3.8, 4) is 0 Å². The summed E-state index contributed by atoms with van der Waals surface area (Å²) < 4.78 is 0. The van der Waals surface area contributed by atoms with Gasteiger partial charge in [0.2, 0.25) is 0 Å². The third-order valence-electron chi connectivity index (χ3n) is 4.89. The van der Waals surface area contributed by atoms with Gasteiger partial charge in [-0.2, -0.15) is 0 Å². The van der Waals surface area contributed by atoms with Crippen molar-refractivity contribution in [3.05, 3.63) is 35.4 Å². The second-order valence-electron chi connectivity index (χ2n) is 7.79. The first-order chi connectivity index (χ1) is 9.99. The van der Waals surface area contributed by atoms with E-state index in [4.69, 9.17) is 0 Å². The van der Waals surface area contributed by atoms with Gasteiger partial charge in [-0.3, -0.25) is 0 Å². The molecule has 1 heteroatoms. The molecular weight excluding hydrogens is 254 g/mol. The molecule has 118 valence electrons. The molecule has 1 saturated carbocycles. The average Bonchev–Trinajstić information content (AvgIpc) is 2.91. The Morgan fingerprint density at radius 1 is 1.10 bits per heavy atom. The molecule has 0 aromatic heterocycles. The van der Waals surface area contributed by atoms with E-state index in [0.29, 0.717) is 6.04 Å². The van der Waals surface area contributed by atoms with Crippen molar-refractivity contribution in [2.75, 3.05) is 6.54 Å². The fourth-order valence-corrected chi connectivity index (χ4v) is 3.60. The Morgan fingerprint density at radius 2 is 1.71 bits per heavy atom. The van der Waals surface area contributed by atoms with Crippen LogP contribution < -0.4 is 5.32 Å². The van der Waals surface area contributed by atoms with E-state index in [-0.39, 0.29) is 5.41 Å². The molecule has 0 amide bonds. The van der Waals surface area contributed by atoms with Crippen LogP contribution in [0.5, 0.6) is 0 Å². The Balaban J connectivity index is 1.95. The summed E-state index contributed by atoms with van der Waals surface area (Å²) in [5.74, 6) is 0.961. The molecule has 0 radical (unpaired) electrons. The van der Waals surface area contributed by atoms with Crippen molar-refractivity contribution in [2.24, 2.45) is 5.92 Å². The minimum absolute atomic E-state index is 0.253. The summed E-state index contributed by atoms with van der Waals surface area (Å²) in [4.78, 5) is 0. The lowest BCUT2D eigenvalue weighted by molar-refractivity contribution is 0.390. The van der Waals surface area contributed by atoms with Crippen LogP contribution in [0, 0.1) is 5.92 Å². The summed E-state index contributed by atoms with van der Waals surface area (Å²) in [6.45, 7) is 10.2. The van der Waals surface area contributed by atoms with Gasteiger partial charge in [-0.25, -0.2) is 0 Å². The molecule has 1 aliphatic carbocycles. The predicted octanol–water partition coefficient (Wildman–Crippen LogP) is 5.09. The zero-order chi connectivity index (χ0) is 15.3. The van der Waals surface area contributed by atoms with E-state index in [9.17, 15) is 0 Å². The highest BCUT2D eigenvalue weighted by atomic mass is 14.9. The Hall–Kier alpha value is -0.820. The number of nitrogens with one attached hydrogen (secondary N) is 1. The van der Waals surface area contributed by atoms with Crippen LogP contribution in [-0.2, 0) is 11.8 Å². The van der Waals surface area contributed by atoms with Crippen molar-refractivity contribution in [2.45, 2.75) is 77.7 Å². The van der Waals surface area contributed by atoms with Crippen molar-refractivity contribution in [1.82, 2.24) is 5.32 Å². The summed E-state index contributed by atoms with van der Waals surface area (Å²) in [7, 11) is 0. The van der Waals surface area contributed by atoms with Crippen molar-refractivity contribution in [3.63, 3.8) is 0 Å². The maximum atomic E-state index is 3.70. The lowest BCUT2D eigenvalue weighted by atomic mass is 9.86. The summed E-state index contributed by atoms with van der Waals surface area (Å²) in [5, 5.41) is 3.70. The van der Waals surface area contributed by atoms with Crippen LogP contribution in [0.15, 0.2) is 24.3 Å². The van der Waals surface area contributed by atoms with Gasteiger partial charge in [0.25, 0.3) is 0 Å². The molecule has 21 heavy (non-hydrogen) atoms. The molecule has 0 aliphatic heterocycles. The quantitative estimate of drug-likeness (QED) is 0.769. The Bertz CT molecular complexity index is 406. The third kappa shape index (κ3) is 5.14. The first-order valence-electron chi connectivity index (χ1n) is 8.82. The average molecular weight is 287 g/mol. The Kier molecular flexibility index (Phi) is 5.87. The minimum atomic E-state index is 0.253. The number of likely N-dealkylation sites (N-methyl/N-ethyl adjacent to an activating group) is 1. The van der Waals surface area contributed by atoms with E-state index in [1.165, 1.54) is 49.7 Å². The molecule has 1 N–H and O–H groups in total. The van der Waals surface area contributed by atoms with Crippen LogP contribution in [0.4, 0.5) is 0 Å². The third-order valence-corrected chi connectivity index (χ3v) is 4.89. The van der Waals surface area contributed by atoms with Crippen LogP contribution >= 0.6 is 0 Å². The second kappa shape index (κ2) is 7.45. The molecule has 1 atom stereocenters. The smallest absolute Gasteiger partial charge is 0.0110 e. The highest BCUT2D eigenvalue weighted by Gasteiger charge is 2.20. The largest absolute Gasteiger partial charge is 0.314 e. The molecule has 1 aliphatic rings. The van der Waals surface area contributed by atoms with Crippen LogP contribution in [-0.4, -0.2) is 12.6 Å². The van der Waals surface area contributed by atoms with Crippen LogP contribution in [0.1, 0.15) is 70.9 Å². The molecule has 1 fully saturated rings. The highest BCUT2D eigenvalue weighted by Crippen LogP contribution is 2.29. The lowest BCUT2D eigenvalue weighted by Gasteiger charge is -2.23. The first-order valence-corrected chi connectivity index (χ1v) is 8.82. The molecule has 1 aromatic rings. The summed E-state index contributed by atoms with van der Waals surface area (Å²) in [5.41, 5.74) is 3.16. The van der Waals surface area contributed by atoms with Gasteiger partial charge in [0.1, 0.15) is 0 Å². The SMILES string of the molecule is CCNC(Cc1ccc(C(C)(C)C)cc1)CC1CCCC1. The lowest BCUT2D eigenvalue weighted by Crippen LogP contribution is -2.32. The van der Waals surface area contributed by atoms with Gasteiger partial charge in [0, 0.05) is 6.04 Å². The summed E-state index contributed by atoms with van der Waals surface area (Å²) in [6.07, 6.45) is 8.33. The minimum Gasteiger partial charge on any atom is -0.314 e. The zero-order valence-corrected chi connectivity index (χ0v) is 14.4. The summed E-state index contributed by atoms with van der Waals surface area (Å²) >= 11 is 0. The summed E-state index contributed by atoms with van der Waals surface area (Å²) in [6, 6.07) is 9.94. The molecule has 2 rings (SSSR count). The molecular formula is C20H33N. The maximum Gasteiger partial charge on any atom is 0.0110 e. The van der Waals surface area contributed by atoms with Crippen LogP contribution in [0.3, 0.4) is 0 Å². The van der Waals surface area contributed by atoms with Crippen molar-refractivity contribution < 1.29 is 0 Å². The molecule has 0 spiro atoms. The normalized spacial score (nSPS) is 18.1. The van der Waals surface area contributed by atoms with Gasteiger partial charge >= 0.3 is 0 Å². The number of benzene rings is 1. The molecule has 1 aromatic carbocycles. The fraction of sp³-hybridized carbons (Fsp3) is 0.700. The van der Waals surface area contributed by atoms with Crippen molar-refractivity contribution >= 4 is 0 Å². The topological polar surface area (TPSA) is 12.0 Å². The predicted molar refractivity (Wildman–Crippen MR) is 92.9 cm³/mol. The number of rotatable bonds is 6. The number of hydrogen-bond acceptors (Lipinski definition) is 1. The zero-order valence-electron chi connectivity index (χ0n) is 14.4. The number of hydrogen-bond donors (Lipinski definition) is 1. The van der Waals surface area contributed by atoms with E-state index in [2.05, 4.69) is 57.3 Å². The molecule has 0 bridgehead atoms. The van der Waals surface area contributed by atoms with Crippen LogP contribution in [0.25, 0.3) is 0 Å². The Morgan fingerprint density at radius 3 is 2.24 bits per heavy atom. The monoisotopic (exact) mass is 287 g/mol. The molecule has 0 heterocycles. The maximum absolute atomic E-state index is 3.70. The molecule has 0 saturated heterocycles. The van der Waals surface area contributed by atoms with Crippen LogP contribution in [0.2, 0.25) is 0 Å². The highest BCUT2D eigenvalue weighted by molar-refractivity contribution is 5.28. The van der Waals surface area contributed by atoms with E-state index in [1.807, 2.05) is 0 Å². The standard InChI is InChI=1S/C20H33N/c1-5-21-19(14-16-8-6-7-9-16)15-17-10-12-18(13-11-17)20(2,3)4/h10-13,16,19,21H,5-9,14-15H2,1-4H3. The molecule has 1 unspecified atom stereocenters. The van der Waals surface area contributed by atoms with Gasteiger partial charge in [-0.15, -0.1) is 0 Å². The van der Waals surface area contributed by atoms with Gasteiger partial charge in [0.05, 0.1) is 0 Å². The van der Waals surface area contributed by atoms with Crippen molar-refractivity contribution in [1.29, 1.82) is 0 Å². The fourth-order valence-electron chi connectivity index (χ4n) is 3.60. The van der Waals surface area contributed by atoms with E-state index >= 15 is 0 Å². The molecule has 1 nitrogen and oxygen atoms in total. The van der Waals surface area contributed by atoms with E-state index < -0.39 is 0 Å². The second-order valence-corrected chi connectivity index (χ2v) is 7.79. The van der Waals surface area contributed by atoms with Gasteiger partial charge in [0.15, 0.2) is 0 Å². The van der Waals surface area contributed by atoms with E-state index in [0.717, 1.165) is 12.5 Å².